The lowest BCUT2D eigenvalue weighted by Gasteiger charge is -2.06. The third-order valence-corrected chi connectivity index (χ3v) is 4.03. The highest BCUT2D eigenvalue weighted by molar-refractivity contribution is 9.10. The topological polar surface area (TPSA) is 55.6 Å². The lowest BCUT2D eigenvalue weighted by atomic mass is 10.2. The van der Waals surface area contributed by atoms with Crippen molar-refractivity contribution in [3.8, 4) is 0 Å². The molecule has 0 amide bonds. The summed E-state index contributed by atoms with van der Waals surface area (Å²) in [4.78, 5) is 8.54. The largest absolute Gasteiger partial charge is 0.365 e. The third-order valence-electron chi connectivity index (χ3n) is 2.95. The second-order valence-electron chi connectivity index (χ2n) is 4.32. The molecule has 2 heterocycles. The first-order valence-electron chi connectivity index (χ1n) is 5.96. The van der Waals surface area contributed by atoms with Crippen LogP contribution in [-0.4, -0.2) is 19.7 Å². The molecule has 0 spiro atoms. The SMILES string of the molecule is Cn1nc(Br)c2c(NCc3ccc(Br)cc3)ncnc21. The van der Waals surface area contributed by atoms with Gasteiger partial charge in [-0.25, -0.2) is 14.6 Å². The van der Waals surface area contributed by atoms with Gasteiger partial charge in [0.2, 0.25) is 0 Å². The van der Waals surface area contributed by atoms with Gasteiger partial charge in [-0.3, -0.25) is 0 Å². The average molecular weight is 397 g/mol. The number of fused-ring (bicyclic) bond motifs is 1. The maximum atomic E-state index is 4.30. The van der Waals surface area contributed by atoms with Crippen LogP contribution in [0.2, 0.25) is 0 Å². The van der Waals surface area contributed by atoms with Gasteiger partial charge in [0.15, 0.2) is 5.65 Å². The predicted octanol–water partition coefficient (Wildman–Crippen LogP) is 3.50. The molecule has 1 aromatic carbocycles. The van der Waals surface area contributed by atoms with E-state index in [1.54, 1.807) is 11.0 Å². The zero-order chi connectivity index (χ0) is 14.1. The smallest absolute Gasteiger partial charge is 0.164 e. The van der Waals surface area contributed by atoms with Crippen molar-refractivity contribution in [1.29, 1.82) is 0 Å². The Labute approximate surface area is 132 Å². The second-order valence-corrected chi connectivity index (χ2v) is 5.98. The number of nitrogens with zero attached hydrogens (tertiary/aromatic N) is 4. The molecule has 0 unspecified atom stereocenters. The van der Waals surface area contributed by atoms with Crippen LogP contribution in [0.4, 0.5) is 5.82 Å². The molecule has 0 saturated carbocycles. The molecule has 5 nitrogen and oxygen atoms in total. The Hall–Kier alpha value is -1.47. The van der Waals surface area contributed by atoms with Crippen LogP contribution in [0.1, 0.15) is 5.56 Å². The maximum absolute atomic E-state index is 4.30. The van der Waals surface area contributed by atoms with Gasteiger partial charge in [0.05, 0.1) is 5.39 Å². The van der Waals surface area contributed by atoms with Crippen LogP contribution in [-0.2, 0) is 13.6 Å². The van der Waals surface area contributed by atoms with Gasteiger partial charge in [-0.15, -0.1) is 0 Å². The van der Waals surface area contributed by atoms with E-state index in [9.17, 15) is 0 Å². The predicted molar refractivity (Wildman–Crippen MR) is 85.5 cm³/mol. The van der Waals surface area contributed by atoms with Crippen molar-refractivity contribution < 1.29 is 0 Å². The van der Waals surface area contributed by atoms with Gasteiger partial charge in [-0.1, -0.05) is 28.1 Å². The number of hydrogen-bond acceptors (Lipinski definition) is 4. The van der Waals surface area contributed by atoms with Gasteiger partial charge in [0.25, 0.3) is 0 Å². The highest BCUT2D eigenvalue weighted by Crippen LogP contribution is 2.27. The van der Waals surface area contributed by atoms with Gasteiger partial charge in [-0.2, -0.15) is 5.10 Å². The number of hydrogen-bond donors (Lipinski definition) is 1. The standard InChI is InChI=1S/C13H11Br2N5/c1-20-13-10(11(15)19-20)12(17-7-18-13)16-6-8-2-4-9(14)5-3-8/h2-5,7H,6H2,1H3,(H,16,17,18). The molecule has 3 rings (SSSR count). The van der Waals surface area contributed by atoms with Crippen LogP contribution in [0, 0.1) is 0 Å². The lowest BCUT2D eigenvalue weighted by Crippen LogP contribution is -2.02. The molecule has 1 N–H and O–H groups in total. The van der Waals surface area contributed by atoms with E-state index in [2.05, 4.69) is 64.4 Å². The highest BCUT2D eigenvalue weighted by Gasteiger charge is 2.12. The summed E-state index contributed by atoms with van der Waals surface area (Å²) in [6.45, 7) is 0.695. The number of nitrogens with one attached hydrogen (secondary N) is 1. The van der Waals surface area contributed by atoms with Gasteiger partial charge < -0.3 is 5.32 Å². The Morgan fingerprint density at radius 2 is 1.90 bits per heavy atom. The summed E-state index contributed by atoms with van der Waals surface area (Å²) >= 11 is 6.87. The minimum absolute atomic E-state index is 0.695. The highest BCUT2D eigenvalue weighted by atomic mass is 79.9. The Morgan fingerprint density at radius 1 is 1.15 bits per heavy atom. The normalized spacial score (nSPS) is 10.9. The fourth-order valence-electron chi connectivity index (χ4n) is 1.96. The van der Waals surface area contributed by atoms with Crippen LogP contribution in [0.5, 0.6) is 0 Å². The van der Waals surface area contributed by atoms with E-state index in [-0.39, 0.29) is 0 Å². The molecule has 0 radical (unpaired) electrons. The van der Waals surface area contributed by atoms with Crippen molar-refractivity contribution in [3.63, 3.8) is 0 Å². The number of halogens is 2. The zero-order valence-corrected chi connectivity index (χ0v) is 13.8. The van der Waals surface area contributed by atoms with Crippen molar-refractivity contribution >= 4 is 48.7 Å². The molecule has 0 fully saturated rings. The van der Waals surface area contributed by atoms with Gasteiger partial charge in [0, 0.05) is 18.1 Å². The number of benzene rings is 1. The van der Waals surface area contributed by atoms with E-state index < -0.39 is 0 Å². The fraction of sp³-hybridized carbons (Fsp3) is 0.154. The van der Waals surface area contributed by atoms with Gasteiger partial charge in [-0.05, 0) is 33.6 Å². The van der Waals surface area contributed by atoms with Crippen LogP contribution >= 0.6 is 31.9 Å². The lowest BCUT2D eigenvalue weighted by molar-refractivity contribution is 0.777. The Balaban J connectivity index is 1.89. The molecule has 20 heavy (non-hydrogen) atoms. The minimum Gasteiger partial charge on any atom is -0.365 e. The van der Waals surface area contributed by atoms with Gasteiger partial charge in [0.1, 0.15) is 16.7 Å². The van der Waals surface area contributed by atoms with Crippen LogP contribution < -0.4 is 5.32 Å². The summed E-state index contributed by atoms with van der Waals surface area (Å²) in [5.74, 6) is 0.776. The van der Waals surface area contributed by atoms with E-state index in [0.29, 0.717) is 6.54 Å². The average Bonchev–Trinajstić information content (AvgIpc) is 2.74. The molecule has 0 bridgehead atoms. The van der Waals surface area contributed by atoms with E-state index in [1.807, 2.05) is 19.2 Å². The maximum Gasteiger partial charge on any atom is 0.164 e. The van der Waals surface area contributed by atoms with E-state index >= 15 is 0 Å². The van der Waals surface area contributed by atoms with Crippen LogP contribution in [0.25, 0.3) is 11.0 Å². The summed E-state index contributed by atoms with van der Waals surface area (Å²) in [7, 11) is 1.86. The molecule has 0 aliphatic rings. The van der Waals surface area contributed by atoms with Crippen molar-refractivity contribution in [2.45, 2.75) is 6.54 Å². The third kappa shape index (κ3) is 2.55. The quantitative estimate of drug-likeness (QED) is 0.736. The first-order valence-corrected chi connectivity index (χ1v) is 7.55. The number of anilines is 1. The van der Waals surface area contributed by atoms with E-state index in [4.69, 9.17) is 0 Å². The molecule has 0 aliphatic carbocycles. The fourth-order valence-corrected chi connectivity index (χ4v) is 2.83. The Morgan fingerprint density at radius 3 is 2.65 bits per heavy atom. The Bertz CT molecular complexity index is 751. The molecule has 0 saturated heterocycles. The second kappa shape index (κ2) is 5.49. The van der Waals surface area contributed by atoms with E-state index in [1.165, 1.54) is 5.56 Å². The molecule has 102 valence electrons. The summed E-state index contributed by atoms with van der Waals surface area (Å²) in [5.41, 5.74) is 1.98. The number of aryl methyl sites for hydroxylation is 1. The molecule has 0 aliphatic heterocycles. The zero-order valence-electron chi connectivity index (χ0n) is 10.6. The summed E-state index contributed by atoms with van der Waals surface area (Å²) in [5, 5.41) is 8.53. The molecule has 0 atom stereocenters. The molecule has 2 aromatic heterocycles. The van der Waals surface area contributed by atoms with Crippen molar-refractivity contribution in [3.05, 3.63) is 45.2 Å². The number of aromatic nitrogens is 4. The van der Waals surface area contributed by atoms with Crippen molar-refractivity contribution in [2.75, 3.05) is 5.32 Å². The van der Waals surface area contributed by atoms with Gasteiger partial charge >= 0.3 is 0 Å². The molecule has 3 aromatic rings. The van der Waals surface area contributed by atoms with E-state index in [0.717, 1.165) is 25.9 Å². The molecular weight excluding hydrogens is 386 g/mol. The Kier molecular flexibility index (Phi) is 3.71. The first-order chi connectivity index (χ1) is 9.65. The minimum atomic E-state index is 0.695. The first kappa shape index (κ1) is 13.5. The molecule has 7 heteroatoms. The van der Waals surface area contributed by atoms with Crippen molar-refractivity contribution in [1.82, 2.24) is 19.7 Å². The molecular formula is C13H11Br2N5. The van der Waals surface area contributed by atoms with Crippen molar-refractivity contribution in [2.24, 2.45) is 7.05 Å². The monoisotopic (exact) mass is 395 g/mol. The summed E-state index contributed by atoms with van der Waals surface area (Å²) in [6, 6.07) is 8.17. The van der Waals surface area contributed by atoms with Crippen LogP contribution in [0.3, 0.4) is 0 Å². The summed E-state index contributed by atoms with van der Waals surface area (Å²) < 4.78 is 3.54. The number of rotatable bonds is 3. The summed E-state index contributed by atoms with van der Waals surface area (Å²) in [6.07, 6.45) is 1.54. The van der Waals surface area contributed by atoms with Crippen LogP contribution in [0.15, 0.2) is 39.7 Å².